The Labute approximate surface area is 174 Å². The highest BCUT2D eigenvalue weighted by Gasteiger charge is 2.28. The molecule has 1 amide bonds. The van der Waals surface area contributed by atoms with Crippen molar-refractivity contribution in [2.75, 3.05) is 10.8 Å². The quantitative estimate of drug-likeness (QED) is 0.715. The van der Waals surface area contributed by atoms with Gasteiger partial charge in [0.15, 0.2) is 0 Å². The monoisotopic (exact) mass is 414 g/mol. The van der Waals surface area contributed by atoms with Crippen LogP contribution in [0.15, 0.2) is 53.4 Å². The van der Waals surface area contributed by atoms with Crippen LogP contribution in [0.4, 0.5) is 5.69 Å². The first-order valence-electron chi connectivity index (χ1n) is 10.3. The van der Waals surface area contributed by atoms with Crippen molar-refractivity contribution in [3.05, 3.63) is 59.7 Å². The molecule has 0 saturated heterocycles. The summed E-state index contributed by atoms with van der Waals surface area (Å²) in [5.41, 5.74) is 2.43. The number of nitrogens with zero attached hydrogens (tertiary/aromatic N) is 1. The number of carbonyl (C=O) groups excluding carboxylic acids is 1. The fraction of sp³-hybridized carbons (Fsp3) is 0.435. The average molecular weight is 415 g/mol. The molecule has 1 saturated carbocycles. The lowest BCUT2D eigenvalue weighted by Gasteiger charge is -2.26. The summed E-state index contributed by atoms with van der Waals surface area (Å²) in [5, 5.41) is 3.06. The molecule has 0 aromatic heterocycles. The van der Waals surface area contributed by atoms with E-state index in [2.05, 4.69) is 5.32 Å². The van der Waals surface area contributed by atoms with E-state index in [1.54, 1.807) is 36.4 Å². The number of amides is 1. The highest BCUT2D eigenvalue weighted by molar-refractivity contribution is 7.92. The van der Waals surface area contributed by atoms with Gasteiger partial charge in [-0.1, -0.05) is 55.5 Å². The molecular weight excluding hydrogens is 384 g/mol. The van der Waals surface area contributed by atoms with Gasteiger partial charge in [0.25, 0.3) is 10.0 Å². The van der Waals surface area contributed by atoms with E-state index in [0.29, 0.717) is 5.69 Å². The normalized spacial score (nSPS) is 15.5. The Kier molecular flexibility index (Phi) is 6.96. The zero-order valence-corrected chi connectivity index (χ0v) is 18.0. The zero-order chi connectivity index (χ0) is 20.9. The van der Waals surface area contributed by atoms with Gasteiger partial charge in [0.1, 0.15) is 6.54 Å². The van der Waals surface area contributed by atoms with Crippen LogP contribution in [0, 0.1) is 13.8 Å². The number of nitrogens with one attached hydrogen (secondary N) is 1. The van der Waals surface area contributed by atoms with E-state index in [1.807, 2.05) is 26.0 Å². The predicted molar refractivity (Wildman–Crippen MR) is 117 cm³/mol. The molecule has 0 spiro atoms. The Morgan fingerprint density at radius 3 is 2.24 bits per heavy atom. The largest absolute Gasteiger partial charge is 0.352 e. The topological polar surface area (TPSA) is 66.5 Å². The van der Waals surface area contributed by atoms with Gasteiger partial charge in [-0.05, 0) is 56.5 Å². The third-order valence-corrected chi connectivity index (χ3v) is 7.19. The van der Waals surface area contributed by atoms with Crippen LogP contribution in [0.1, 0.15) is 49.7 Å². The number of anilines is 1. The first-order valence-corrected chi connectivity index (χ1v) is 11.8. The van der Waals surface area contributed by atoms with Crippen molar-refractivity contribution in [2.24, 2.45) is 0 Å². The van der Waals surface area contributed by atoms with Gasteiger partial charge in [0.2, 0.25) is 5.91 Å². The molecule has 2 aromatic carbocycles. The SMILES string of the molecule is Cc1ccc(S(=O)(=O)N(CC(=O)NC2CCCCCC2)c2cccc(C)c2)cc1. The van der Waals surface area contributed by atoms with E-state index in [-0.39, 0.29) is 23.4 Å². The molecule has 29 heavy (non-hydrogen) atoms. The lowest BCUT2D eigenvalue weighted by molar-refractivity contribution is -0.120. The van der Waals surface area contributed by atoms with Gasteiger partial charge in [0.05, 0.1) is 10.6 Å². The Balaban J connectivity index is 1.87. The van der Waals surface area contributed by atoms with E-state index in [0.717, 1.165) is 36.8 Å². The highest BCUT2D eigenvalue weighted by Crippen LogP contribution is 2.25. The summed E-state index contributed by atoms with van der Waals surface area (Å²) in [6.07, 6.45) is 6.53. The van der Waals surface area contributed by atoms with Crippen molar-refractivity contribution in [1.29, 1.82) is 0 Å². The van der Waals surface area contributed by atoms with Crippen LogP contribution in [0.2, 0.25) is 0 Å². The van der Waals surface area contributed by atoms with Crippen LogP contribution in [-0.4, -0.2) is 26.9 Å². The number of rotatable bonds is 6. The summed E-state index contributed by atoms with van der Waals surface area (Å²) < 4.78 is 28.0. The fourth-order valence-electron chi connectivity index (χ4n) is 3.76. The van der Waals surface area contributed by atoms with Gasteiger partial charge in [-0.15, -0.1) is 0 Å². The van der Waals surface area contributed by atoms with Crippen LogP contribution < -0.4 is 9.62 Å². The number of carbonyl (C=O) groups is 1. The van der Waals surface area contributed by atoms with Gasteiger partial charge in [-0.3, -0.25) is 9.10 Å². The second-order valence-corrected chi connectivity index (χ2v) is 9.78. The smallest absolute Gasteiger partial charge is 0.264 e. The molecule has 0 heterocycles. The molecule has 1 aliphatic rings. The lowest BCUT2D eigenvalue weighted by atomic mass is 10.1. The Morgan fingerprint density at radius 2 is 1.62 bits per heavy atom. The molecule has 0 aliphatic heterocycles. The van der Waals surface area contributed by atoms with Crippen LogP contribution >= 0.6 is 0 Å². The standard InChI is InChI=1S/C23H30N2O3S/c1-18-12-14-22(15-13-18)29(27,28)25(21-11-7-8-19(2)16-21)17-23(26)24-20-9-5-3-4-6-10-20/h7-8,11-16,20H,3-6,9-10,17H2,1-2H3,(H,24,26). The fourth-order valence-corrected chi connectivity index (χ4v) is 5.18. The maximum Gasteiger partial charge on any atom is 0.264 e. The minimum Gasteiger partial charge on any atom is -0.352 e. The van der Waals surface area contributed by atoms with Crippen LogP contribution in [0.5, 0.6) is 0 Å². The lowest BCUT2D eigenvalue weighted by Crippen LogP contribution is -2.44. The summed E-state index contributed by atoms with van der Waals surface area (Å²) in [6, 6.07) is 14.1. The van der Waals surface area contributed by atoms with E-state index in [9.17, 15) is 13.2 Å². The van der Waals surface area contributed by atoms with Crippen molar-refractivity contribution >= 4 is 21.6 Å². The summed E-state index contributed by atoms with van der Waals surface area (Å²) in [4.78, 5) is 13.0. The van der Waals surface area contributed by atoms with Gasteiger partial charge in [0, 0.05) is 6.04 Å². The molecule has 0 bridgehead atoms. The molecule has 6 heteroatoms. The summed E-state index contributed by atoms with van der Waals surface area (Å²) in [7, 11) is -3.86. The molecule has 0 radical (unpaired) electrons. The molecule has 1 aliphatic carbocycles. The number of aryl methyl sites for hydroxylation is 2. The predicted octanol–water partition coefficient (Wildman–Crippen LogP) is 4.34. The number of hydrogen-bond acceptors (Lipinski definition) is 3. The molecule has 5 nitrogen and oxygen atoms in total. The molecule has 3 rings (SSSR count). The first kappa shape index (κ1) is 21.4. The van der Waals surface area contributed by atoms with Crippen molar-refractivity contribution < 1.29 is 13.2 Å². The van der Waals surface area contributed by atoms with Crippen molar-refractivity contribution in [2.45, 2.75) is 63.3 Å². The summed E-state index contributed by atoms with van der Waals surface area (Å²) in [5.74, 6) is -0.255. The van der Waals surface area contributed by atoms with Gasteiger partial charge >= 0.3 is 0 Å². The molecule has 0 atom stereocenters. The maximum absolute atomic E-state index is 13.4. The summed E-state index contributed by atoms with van der Waals surface area (Å²) >= 11 is 0. The van der Waals surface area contributed by atoms with E-state index >= 15 is 0 Å². The minimum absolute atomic E-state index is 0.131. The molecular formula is C23H30N2O3S. The maximum atomic E-state index is 13.4. The Bertz CT molecular complexity index is 931. The molecule has 1 N–H and O–H groups in total. The summed E-state index contributed by atoms with van der Waals surface area (Å²) in [6.45, 7) is 3.59. The second-order valence-electron chi connectivity index (χ2n) is 7.92. The van der Waals surface area contributed by atoms with Crippen LogP contribution in [0.3, 0.4) is 0 Å². The molecule has 1 fully saturated rings. The highest BCUT2D eigenvalue weighted by atomic mass is 32.2. The van der Waals surface area contributed by atoms with E-state index < -0.39 is 10.0 Å². The molecule has 2 aromatic rings. The number of sulfonamides is 1. The third kappa shape index (κ3) is 5.60. The third-order valence-electron chi connectivity index (χ3n) is 5.41. The first-order chi connectivity index (χ1) is 13.9. The Morgan fingerprint density at radius 1 is 0.966 bits per heavy atom. The van der Waals surface area contributed by atoms with Crippen LogP contribution in [0.25, 0.3) is 0 Å². The van der Waals surface area contributed by atoms with Crippen molar-refractivity contribution in [3.63, 3.8) is 0 Å². The van der Waals surface area contributed by atoms with E-state index in [1.165, 1.54) is 17.1 Å². The Hall–Kier alpha value is -2.34. The molecule has 156 valence electrons. The van der Waals surface area contributed by atoms with Gasteiger partial charge in [-0.2, -0.15) is 0 Å². The van der Waals surface area contributed by atoms with Crippen molar-refractivity contribution in [1.82, 2.24) is 5.32 Å². The second kappa shape index (κ2) is 9.44. The number of benzene rings is 2. The zero-order valence-electron chi connectivity index (χ0n) is 17.2. The minimum atomic E-state index is -3.86. The van der Waals surface area contributed by atoms with E-state index in [4.69, 9.17) is 0 Å². The van der Waals surface area contributed by atoms with Gasteiger partial charge < -0.3 is 5.32 Å². The van der Waals surface area contributed by atoms with Crippen LogP contribution in [-0.2, 0) is 14.8 Å². The van der Waals surface area contributed by atoms with Crippen molar-refractivity contribution in [3.8, 4) is 0 Å². The van der Waals surface area contributed by atoms with Gasteiger partial charge in [-0.25, -0.2) is 8.42 Å². The molecule has 0 unspecified atom stereocenters. The average Bonchev–Trinajstić information content (AvgIpc) is 2.95. The number of hydrogen-bond donors (Lipinski definition) is 1.